The van der Waals surface area contributed by atoms with E-state index < -0.39 is 30.0 Å². The number of hydrogen-bond donors (Lipinski definition) is 4. The average Bonchev–Trinajstić information content (AvgIpc) is 2.79. The SMILES string of the molecule is O=C(N[C@H](Cc1ccccc1Cl)[C@@H](O)C(=O)O)c1cnc(-c2ccccc2C(=O)O)c(Cl)c1. The number of carboxylic acids is 2. The predicted octanol–water partition coefficient (Wildman–Crippen LogP) is 3.54. The zero-order valence-corrected chi connectivity index (χ0v) is 18.4. The maximum absolute atomic E-state index is 12.8. The molecule has 0 aliphatic heterocycles. The number of aliphatic carboxylic acids is 1. The molecule has 0 spiro atoms. The topological polar surface area (TPSA) is 137 Å². The lowest BCUT2D eigenvalue weighted by Gasteiger charge is -2.22. The Balaban J connectivity index is 1.87. The van der Waals surface area contributed by atoms with Crippen LogP contribution < -0.4 is 5.32 Å². The van der Waals surface area contributed by atoms with E-state index in [1.54, 1.807) is 42.5 Å². The summed E-state index contributed by atoms with van der Waals surface area (Å²) in [4.78, 5) is 39.8. The van der Waals surface area contributed by atoms with Gasteiger partial charge in [-0.25, -0.2) is 9.59 Å². The molecule has 0 saturated carbocycles. The van der Waals surface area contributed by atoms with E-state index in [0.717, 1.165) is 0 Å². The van der Waals surface area contributed by atoms with Gasteiger partial charge in [-0.05, 0) is 30.2 Å². The molecule has 10 heteroatoms. The van der Waals surface area contributed by atoms with Crippen LogP contribution in [-0.2, 0) is 11.2 Å². The number of aromatic carboxylic acids is 1. The minimum atomic E-state index is -1.89. The monoisotopic (exact) mass is 488 g/mol. The van der Waals surface area contributed by atoms with Crippen molar-refractivity contribution in [3.05, 3.63) is 87.5 Å². The first-order chi connectivity index (χ1) is 15.7. The Bertz CT molecular complexity index is 1220. The van der Waals surface area contributed by atoms with Crippen molar-refractivity contribution < 1.29 is 29.7 Å². The standard InChI is InChI=1S/C23H18Cl2N2O6/c24-16-8-4-1-5-12(16)10-18(20(28)23(32)33)27-21(29)13-9-17(25)19(26-11-13)14-6-2-3-7-15(14)22(30)31/h1-9,11,18,20,28H,10H2,(H,27,29)(H,30,31)(H,32,33)/t18-,20-/m1/s1. The quantitative estimate of drug-likeness (QED) is 0.380. The van der Waals surface area contributed by atoms with E-state index >= 15 is 0 Å². The molecule has 3 aromatic rings. The Morgan fingerprint density at radius 2 is 1.64 bits per heavy atom. The summed E-state index contributed by atoms with van der Waals surface area (Å²) in [6.45, 7) is 0. The fourth-order valence-corrected chi connectivity index (χ4v) is 3.68. The Labute approximate surface area is 198 Å². The molecule has 0 saturated heterocycles. The molecule has 170 valence electrons. The van der Waals surface area contributed by atoms with E-state index in [0.29, 0.717) is 10.6 Å². The molecule has 0 aliphatic carbocycles. The highest BCUT2D eigenvalue weighted by Gasteiger charge is 2.29. The average molecular weight is 489 g/mol. The lowest BCUT2D eigenvalue weighted by molar-refractivity contribution is -0.148. The van der Waals surface area contributed by atoms with Crippen LogP contribution in [0, 0.1) is 0 Å². The number of halogens is 2. The van der Waals surface area contributed by atoms with Crippen LogP contribution in [0.2, 0.25) is 10.0 Å². The molecule has 0 unspecified atom stereocenters. The van der Waals surface area contributed by atoms with Gasteiger partial charge < -0.3 is 20.6 Å². The summed E-state index contributed by atoms with van der Waals surface area (Å²) >= 11 is 12.4. The summed E-state index contributed by atoms with van der Waals surface area (Å²) in [5.41, 5.74) is 0.984. The van der Waals surface area contributed by atoms with Gasteiger partial charge in [-0.15, -0.1) is 0 Å². The number of nitrogens with one attached hydrogen (secondary N) is 1. The predicted molar refractivity (Wildman–Crippen MR) is 122 cm³/mol. The number of carbonyl (C=O) groups is 3. The minimum Gasteiger partial charge on any atom is -0.479 e. The van der Waals surface area contributed by atoms with E-state index in [1.807, 2.05) is 0 Å². The molecule has 2 atom stereocenters. The Kier molecular flexibility index (Phi) is 7.65. The Hall–Kier alpha value is -3.46. The molecule has 0 bridgehead atoms. The number of pyridine rings is 1. The van der Waals surface area contributed by atoms with Gasteiger partial charge in [0.25, 0.3) is 5.91 Å². The van der Waals surface area contributed by atoms with Crippen LogP contribution in [-0.4, -0.2) is 50.3 Å². The van der Waals surface area contributed by atoms with Crippen molar-refractivity contribution in [3.63, 3.8) is 0 Å². The maximum Gasteiger partial charge on any atom is 0.336 e. The summed E-state index contributed by atoms with van der Waals surface area (Å²) in [6.07, 6.45) is -0.741. The fraction of sp³-hybridized carbons (Fsp3) is 0.130. The summed E-state index contributed by atoms with van der Waals surface area (Å²) in [6, 6.07) is 12.9. The van der Waals surface area contributed by atoms with Gasteiger partial charge in [0.1, 0.15) is 0 Å². The largest absolute Gasteiger partial charge is 0.479 e. The highest BCUT2D eigenvalue weighted by Crippen LogP contribution is 2.29. The van der Waals surface area contributed by atoms with Gasteiger partial charge in [-0.3, -0.25) is 9.78 Å². The van der Waals surface area contributed by atoms with Crippen molar-refractivity contribution in [1.29, 1.82) is 0 Å². The number of hydrogen-bond acceptors (Lipinski definition) is 5. The van der Waals surface area contributed by atoms with E-state index in [4.69, 9.17) is 23.2 Å². The number of aliphatic hydroxyl groups is 1. The molecule has 0 radical (unpaired) electrons. The lowest BCUT2D eigenvalue weighted by atomic mass is 10.0. The van der Waals surface area contributed by atoms with Crippen molar-refractivity contribution in [2.75, 3.05) is 0 Å². The highest BCUT2D eigenvalue weighted by molar-refractivity contribution is 6.33. The van der Waals surface area contributed by atoms with Gasteiger partial charge in [0.15, 0.2) is 6.10 Å². The first-order valence-corrected chi connectivity index (χ1v) is 10.4. The van der Waals surface area contributed by atoms with Crippen LogP contribution in [0.15, 0.2) is 60.8 Å². The van der Waals surface area contributed by atoms with Gasteiger partial charge in [0.2, 0.25) is 0 Å². The van der Waals surface area contributed by atoms with Gasteiger partial charge in [0.05, 0.1) is 27.9 Å². The number of carbonyl (C=O) groups excluding carboxylic acids is 1. The number of rotatable bonds is 8. The Morgan fingerprint density at radius 3 is 2.27 bits per heavy atom. The smallest absolute Gasteiger partial charge is 0.336 e. The van der Waals surface area contributed by atoms with E-state index in [2.05, 4.69) is 10.3 Å². The number of aliphatic hydroxyl groups excluding tert-OH is 1. The molecular weight excluding hydrogens is 471 g/mol. The number of benzene rings is 2. The third-order valence-electron chi connectivity index (χ3n) is 4.86. The summed E-state index contributed by atoms with van der Waals surface area (Å²) in [7, 11) is 0. The van der Waals surface area contributed by atoms with E-state index in [-0.39, 0.29) is 33.8 Å². The molecule has 3 rings (SSSR count). The second-order valence-corrected chi connectivity index (χ2v) is 7.88. The minimum absolute atomic E-state index is 0.00157. The molecule has 8 nitrogen and oxygen atoms in total. The van der Waals surface area contributed by atoms with Gasteiger partial charge >= 0.3 is 11.9 Å². The maximum atomic E-state index is 12.8. The first-order valence-electron chi connectivity index (χ1n) is 9.62. The van der Waals surface area contributed by atoms with Crippen molar-refractivity contribution in [2.45, 2.75) is 18.6 Å². The molecule has 1 amide bonds. The van der Waals surface area contributed by atoms with Crippen molar-refractivity contribution >= 4 is 41.0 Å². The summed E-state index contributed by atoms with van der Waals surface area (Å²) < 4.78 is 0. The summed E-state index contributed by atoms with van der Waals surface area (Å²) in [5, 5.41) is 31.6. The molecular formula is C23H18Cl2N2O6. The number of aromatic nitrogens is 1. The third-order valence-corrected chi connectivity index (χ3v) is 5.52. The van der Waals surface area contributed by atoms with Crippen LogP contribution in [0.1, 0.15) is 26.3 Å². The van der Waals surface area contributed by atoms with Crippen molar-refractivity contribution in [3.8, 4) is 11.3 Å². The van der Waals surface area contributed by atoms with Crippen molar-refractivity contribution in [2.24, 2.45) is 0 Å². The molecule has 0 aliphatic rings. The summed E-state index contributed by atoms with van der Waals surface area (Å²) in [5.74, 6) is -3.39. The van der Waals surface area contributed by atoms with Gasteiger partial charge in [0, 0.05) is 16.8 Å². The van der Waals surface area contributed by atoms with Crippen molar-refractivity contribution in [1.82, 2.24) is 10.3 Å². The second-order valence-electron chi connectivity index (χ2n) is 7.06. The zero-order valence-electron chi connectivity index (χ0n) is 16.9. The van der Waals surface area contributed by atoms with Crippen LogP contribution in [0.3, 0.4) is 0 Å². The van der Waals surface area contributed by atoms with E-state index in [9.17, 15) is 29.7 Å². The molecule has 33 heavy (non-hydrogen) atoms. The zero-order chi connectivity index (χ0) is 24.1. The fourth-order valence-electron chi connectivity index (χ4n) is 3.20. The van der Waals surface area contributed by atoms with Gasteiger partial charge in [-0.1, -0.05) is 59.6 Å². The third kappa shape index (κ3) is 5.67. The van der Waals surface area contributed by atoms with Crippen LogP contribution in [0.4, 0.5) is 0 Å². The van der Waals surface area contributed by atoms with Gasteiger partial charge in [-0.2, -0.15) is 0 Å². The van der Waals surface area contributed by atoms with Crippen LogP contribution >= 0.6 is 23.2 Å². The second kappa shape index (κ2) is 10.4. The number of nitrogens with zero attached hydrogens (tertiary/aromatic N) is 1. The van der Waals surface area contributed by atoms with Crippen LogP contribution in [0.5, 0.6) is 0 Å². The molecule has 2 aromatic carbocycles. The molecule has 4 N–H and O–H groups in total. The molecule has 0 fully saturated rings. The lowest BCUT2D eigenvalue weighted by Crippen LogP contribution is -2.48. The van der Waals surface area contributed by atoms with Crippen LogP contribution in [0.25, 0.3) is 11.3 Å². The molecule has 1 heterocycles. The molecule has 1 aromatic heterocycles. The Morgan fingerprint density at radius 1 is 0.970 bits per heavy atom. The number of carboxylic acid groups (broad SMARTS) is 2. The first kappa shape index (κ1) is 24.2. The normalized spacial score (nSPS) is 12.6. The van der Waals surface area contributed by atoms with E-state index in [1.165, 1.54) is 18.3 Å². The number of amides is 1. The highest BCUT2D eigenvalue weighted by atomic mass is 35.5.